The highest BCUT2D eigenvalue weighted by molar-refractivity contribution is 7.86. The average molecular weight is 261 g/mol. The molecular formula is C11H23N3O2S. The van der Waals surface area contributed by atoms with Gasteiger partial charge in [0.1, 0.15) is 0 Å². The molecule has 1 saturated heterocycles. The molecule has 0 aromatic rings. The maximum absolute atomic E-state index is 12.2. The quantitative estimate of drug-likeness (QED) is 0.649. The van der Waals surface area contributed by atoms with E-state index in [0.29, 0.717) is 26.2 Å². The second-order valence-corrected chi connectivity index (χ2v) is 6.01. The van der Waals surface area contributed by atoms with Crippen molar-refractivity contribution >= 4 is 10.2 Å². The summed E-state index contributed by atoms with van der Waals surface area (Å²) >= 11 is 0. The van der Waals surface area contributed by atoms with Crippen molar-refractivity contribution in [2.45, 2.75) is 13.8 Å². The first kappa shape index (κ1) is 14.6. The molecule has 0 spiro atoms. The summed E-state index contributed by atoms with van der Waals surface area (Å²) in [4.78, 5) is 2.21. The minimum atomic E-state index is -3.25. The van der Waals surface area contributed by atoms with E-state index in [0.717, 1.165) is 19.6 Å². The summed E-state index contributed by atoms with van der Waals surface area (Å²) in [7, 11) is -3.25. The van der Waals surface area contributed by atoms with Crippen LogP contribution in [0.4, 0.5) is 0 Å². The number of hydrogen-bond donors (Lipinski definition) is 0. The van der Waals surface area contributed by atoms with E-state index in [2.05, 4.69) is 11.5 Å². The van der Waals surface area contributed by atoms with E-state index in [-0.39, 0.29) is 0 Å². The van der Waals surface area contributed by atoms with Gasteiger partial charge in [-0.05, 0) is 0 Å². The Morgan fingerprint density at radius 3 is 2.12 bits per heavy atom. The van der Waals surface area contributed by atoms with Crippen molar-refractivity contribution in [3.63, 3.8) is 0 Å². The molecule has 1 aliphatic heterocycles. The van der Waals surface area contributed by atoms with Crippen LogP contribution in [-0.4, -0.2) is 67.7 Å². The van der Waals surface area contributed by atoms with Crippen LogP contribution < -0.4 is 0 Å². The predicted molar refractivity (Wildman–Crippen MR) is 70.1 cm³/mol. The van der Waals surface area contributed by atoms with E-state index < -0.39 is 10.2 Å². The van der Waals surface area contributed by atoms with E-state index in [4.69, 9.17) is 0 Å². The summed E-state index contributed by atoms with van der Waals surface area (Å²) in [5, 5.41) is 0. The van der Waals surface area contributed by atoms with E-state index >= 15 is 0 Å². The molecule has 5 nitrogen and oxygen atoms in total. The molecule has 1 fully saturated rings. The Bertz CT molecular complexity index is 331. The average Bonchev–Trinajstić information content (AvgIpc) is 2.31. The molecule has 1 rings (SSSR count). The zero-order valence-electron chi connectivity index (χ0n) is 10.8. The summed E-state index contributed by atoms with van der Waals surface area (Å²) in [6.45, 7) is 12.1. The third-order valence-electron chi connectivity index (χ3n) is 3.08. The third kappa shape index (κ3) is 3.51. The predicted octanol–water partition coefficient (Wildman–Crippen LogP) is 0.377. The fourth-order valence-electron chi connectivity index (χ4n) is 2.04. The highest BCUT2D eigenvalue weighted by Gasteiger charge is 2.30. The van der Waals surface area contributed by atoms with Crippen molar-refractivity contribution in [1.82, 2.24) is 13.5 Å². The Morgan fingerprint density at radius 2 is 1.71 bits per heavy atom. The van der Waals surface area contributed by atoms with Gasteiger partial charge in [-0.2, -0.15) is 17.0 Å². The molecule has 0 amide bonds. The van der Waals surface area contributed by atoms with Gasteiger partial charge in [0, 0.05) is 45.8 Å². The van der Waals surface area contributed by atoms with Crippen LogP contribution in [-0.2, 0) is 10.2 Å². The van der Waals surface area contributed by atoms with Crippen LogP contribution in [0.15, 0.2) is 12.7 Å². The van der Waals surface area contributed by atoms with Gasteiger partial charge in [0.15, 0.2) is 0 Å². The highest BCUT2D eigenvalue weighted by atomic mass is 32.2. The van der Waals surface area contributed by atoms with Crippen molar-refractivity contribution in [2.75, 3.05) is 45.8 Å². The Morgan fingerprint density at radius 1 is 1.18 bits per heavy atom. The molecule has 6 heteroatoms. The number of nitrogens with zero attached hydrogens (tertiary/aromatic N) is 3. The molecule has 0 atom stereocenters. The van der Waals surface area contributed by atoms with Crippen molar-refractivity contribution in [3.05, 3.63) is 12.7 Å². The topological polar surface area (TPSA) is 43.9 Å². The summed E-state index contributed by atoms with van der Waals surface area (Å²) in [6.07, 6.45) is 1.86. The normalized spacial score (nSPS) is 19.7. The lowest BCUT2D eigenvalue weighted by Crippen LogP contribution is -2.52. The Labute approximate surface area is 105 Å². The third-order valence-corrected chi connectivity index (χ3v) is 5.26. The van der Waals surface area contributed by atoms with E-state index in [1.54, 1.807) is 4.31 Å². The van der Waals surface area contributed by atoms with Crippen molar-refractivity contribution in [1.29, 1.82) is 0 Å². The first-order valence-corrected chi connectivity index (χ1v) is 7.54. The van der Waals surface area contributed by atoms with Crippen LogP contribution in [0.25, 0.3) is 0 Å². The number of piperazine rings is 1. The van der Waals surface area contributed by atoms with Crippen molar-refractivity contribution in [2.24, 2.45) is 0 Å². The molecule has 0 N–H and O–H groups in total. The lowest BCUT2D eigenvalue weighted by molar-refractivity contribution is 0.196. The Hall–Kier alpha value is -0.430. The second kappa shape index (κ2) is 6.49. The van der Waals surface area contributed by atoms with E-state index in [9.17, 15) is 8.42 Å². The molecule has 0 aromatic heterocycles. The Balaban J connectivity index is 2.61. The van der Waals surface area contributed by atoms with Crippen LogP contribution in [0.2, 0.25) is 0 Å². The SMILES string of the molecule is C=CCN1CCN(S(=O)(=O)N(CC)CC)CC1. The van der Waals surface area contributed by atoms with Gasteiger partial charge in [-0.1, -0.05) is 19.9 Å². The lowest BCUT2D eigenvalue weighted by atomic mass is 10.3. The van der Waals surface area contributed by atoms with Crippen molar-refractivity contribution in [3.8, 4) is 0 Å². The van der Waals surface area contributed by atoms with Gasteiger partial charge in [-0.3, -0.25) is 4.90 Å². The molecule has 0 saturated carbocycles. The van der Waals surface area contributed by atoms with Gasteiger partial charge in [-0.15, -0.1) is 6.58 Å². The summed E-state index contributed by atoms with van der Waals surface area (Å²) in [5.41, 5.74) is 0. The zero-order chi connectivity index (χ0) is 12.9. The molecule has 1 aliphatic rings. The monoisotopic (exact) mass is 261 g/mol. The summed E-state index contributed by atoms with van der Waals surface area (Å²) in [5.74, 6) is 0. The first-order chi connectivity index (χ1) is 8.06. The molecule has 0 aromatic carbocycles. The smallest absolute Gasteiger partial charge is 0.282 e. The van der Waals surface area contributed by atoms with Gasteiger partial charge < -0.3 is 0 Å². The zero-order valence-corrected chi connectivity index (χ0v) is 11.6. The van der Waals surface area contributed by atoms with Gasteiger partial charge in [-0.25, -0.2) is 0 Å². The van der Waals surface area contributed by atoms with E-state index in [1.807, 2.05) is 19.9 Å². The molecule has 0 aliphatic carbocycles. The molecule has 100 valence electrons. The standard InChI is InChI=1S/C11H23N3O2S/c1-4-7-12-8-10-14(11-9-12)17(15,16)13(5-2)6-3/h4H,1,5-11H2,2-3H3. The van der Waals surface area contributed by atoms with E-state index in [1.165, 1.54) is 4.31 Å². The van der Waals surface area contributed by atoms with Crippen LogP contribution >= 0.6 is 0 Å². The van der Waals surface area contributed by atoms with Crippen LogP contribution in [0.3, 0.4) is 0 Å². The van der Waals surface area contributed by atoms with Gasteiger partial charge in [0.25, 0.3) is 10.2 Å². The molecule has 17 heavy (non-hydrogen) atoms. The molecule has 0 bridgehead atoms. The highest BCUT2D eigenvalue weighted by Crippen LogP contribution is 2.11. The number of hydrogen-bond acceptors (Lipinski definition) is 3. The summed E-state index contributed by atoms with van der Waals surface area (Å²) in [6, 6.07) is 0. The fourth-order valence-corrected chi connectivity index (χ4v) is 3.64. The van der Waals surface area contributed by atoms with Gasteiger partial charge in [0.2, 0.25) is 0 Å². The molecular weight excluding hydrogens is 238 g/mol. The largest absolute Gasteiger partial charge is 0.297 e. The van der Waals surface area contributed by atoms with Gasteiger partial charge in [0.05, 0.1) is 0 Å². The second-order valence-electron chi connectivity index (χ2n) is 4.08. The Kier molecular flexibility index (Phi) is 5.58. The van der Waals surface area contributed by atoms with Crippen LogP contribution in [0.1, 0.15) is 13.8 Å². The minimum absolute atomic E-state index is 0.533. The molecule has 0 unspecified atom stereocenters. The maximum Gasteiger partial charge on any atom is 0.282 e. The molecule has 0 radical (unpaired) electrons. The maximum atomic E-state index is 12.2. The summed E-state index contributed by atoms with van der Waals surface area (Å²) < 4.78 is 27.5. The lowest BCUT2D eigenvalue weighted by Gasteiger charge is -2.35. The minimum Gasteiger partial charge on any atom is -0.297 e. The van der Waals surface area contributed by atoms with Crippen LogP contribution in [0, 0.1) is 0 Å². The van der Waals surface area contributed by atoms with Gasteiger partial charge >= 0.3 is 0 Å². The van der Waals surface area contributed by atoms with Crippen LogP contribution in [0.5, 0.6) is 0 Å². The first-order valence-electron chi connectivity index (χ1n) is 6.14. The molecule has 1 heterocycles. The van der Waals surface area contributed by atoms with Crippen molar-refractivity contribution < 1.29 is 8.42 Å². The number of rotatable bonds is 6. The fraction of sp³-hybridized carbons (Fsp3) is 0.818.